The van der Waals surface area contributed by atoms with E-state index in [1.807, 2.05) is 24.3 Å². The number of nitrogens with one attached hydrogen (secondary N) is 1. The fourth-order valence-electron chi connectivity index (χ4n) is 4.01. The Balaban J connectivity index is 1.32. The van der Waals surface area contributed by atoms with Crippen LogP contribution >= 0.6 is 0 Å². The molecule has 2 N–H and O–H groups in total. The van der Waals surface area contributed by atoms with Crippen LogP contribution < -0.4 is 10.1 Å². The highest BCUT2D eigenvalue weighted by Crippen LogP contribution is 2.48. The lowest BCUT2D eigenvalue weighted by molar-refractivity contribution is -0.127. The van der Waals surface area contributed by atoms with E-state index in [1.54, 1.807) is 7.11 Å². The van der Waals surface area contributed by atoms with Gasteiger partial charge in [-0.25, -0.2) is 0 Å². The lowest BCUT2D eigenvalue weighted by atomic mass is 9.88. The van der Waals surface area contributed by atoms with Gasteiger partial charge in [-0.2, -0.15) is 0 Å². The Morgan fingerprint density at radius 2 is 2.08 bits per heavy atom. The van der Waals surface area contributed by atoms with Crippen LogP contribution in [0.2, 0.25) is 0 Å². The molecule has 4 atom stereocenters. The highest BCUT2D eigenvalue weighted by atomic mass is 16.5. The summed E-state index contributed by atoms with van der Waals surface area (Å²) in [6.45, 7) is 0.903. The second-order valence-electron chi connectivity index (χ2n) is 7.04. The van der Waals surface area contributed by atoms with E-state index in [0.29, 0.717) is 12.5 Å². The topological polar surface area (TPSA) is 67.8 Å². The average molecular weight is 333 g/mol. The maximum Gasteiger partial charge on any atom is 0.223 e. The van der Waals surface area contributed by atoms with Crippen molar-refractivity contribution < 1.29 is 19.4 Å². The van der Waals surface area contributed by atoms with E-state index < -0.39 is 6.10 Å². The van der Waals surface area contributed by atoms with Crippen molar-refractivity contribution >= 4 is 5.91 Å². The van der Waals surface area contributed by atoms with E-state index in [0.717, 1.165) is 23.7 Å². The molecule has 0 heterocycles. The van der Waals surface area contributed by atoms with Crippen LogP contribution in [0, 0.1) is 17.8 Å². The molecule has 5 heteroatoms. The van der Waals surface area contributed by atoms with Crippen LogP contribution in [0.4, 0.5) is 0 Å². The first-order valence-electron chi connectivity index (χ1n) is 8.82. The van der Waals surface area contributed by atoms with E-state index in [9.17, 15) is 9.90 Å². The van der Waals surface area contributed by atoms with Crippen LogP contribution in [-0.4, -0.2) is 37.4 Å². The molecule has 5 nitrogen and oxygen atoms in total. The third kappa shape index (κ3) is 4.28. The van der Waals surface area contributed by atoms with E-state index in [-0.39, 0.29) is 25.0 Å². The van der Waals surface area contributed by atoms with Crippen LogP contribution in [-0.2, 0) is 16.1 Å². The van der Waals surface area contributed by atoms with Gasteiger partial charge in [-0.15, -0.1) is 0 Å². The average Bonchev–Trinajstić information content (AvgIpc) is 3.23. The molecule has 24 heavy (non-hydrogen) atoms. The molecular formula is C19H27NO4. The van der Waals surface area contributed by atoms with Crippen molar-refractivity contribution in [2.24, 2.45) is 17.8 Å². The molecular weight excluding hydrogens is 306 g/mol. The van der Waals surface area contributed by atoms with Gasteiger partial charge in [-0.3, -0.25) is 4.79 Å². The van der Waals surface area contributed by atoms with E-state index in [1.165, 1.54) is 19.3 Å². The van der Waals surface area contributed by atoms with Gasteiger partial charge in [0.1, 0.15) is 5.75 Å². The van der Waals surface area contributed by atoms with Gasteiger partial charge in [0.2, 0.25) is 5.91 Å². The molecule has 3 rings (SSSR count). The van der Waals surface area contributed by atoms with Gasteiger partial charge in [0.25, 0.3) is 0 Å². The summed E-state index contributed by atoms with van der Waals surface area (Å²) in [5, 5.41) is 12.9. The Labute approximate surface area is 143 Å². The van der Waals surface area contributed by atoms with Gasteiger partial charge >= 0.3 is 0 Å². The number of benzene rings is 1. The van der Waals surface area contributed by atoms with Gasteiger partial charge in [-0.1, -0.05) is 18.6 Å². The lowest BCUT2D eigenvalue weighted by Crippen LogP contribution is -2.39. The van der Waals surface area contributed by atoms with E-state index in [4.69, 9.17) is 9.47 Å². The molecule has 2 bridgehead atoms. The summed E-state index contributed by atoms with van der Waals surface area (Å²) in [7, 11) is 1.63. The predicted octanol–water partition coefficient (Wildman–Crippen LogP) is 2.13. The fraction of sp³-hybridized carbons (Fsp3) is 0.632. The first kappa shape index (κ1) is 17.2. The number of hydrogen-bond acceptors (Lipinski definition) is 4. The minimum Gasteiger partial charge on any atom is -0.497 e. The Hall–Kier alpha value is -1.59. The minimum absolute atomic E-state index is 0.108. The maximum atomic E-state index is 12.2. The number of hydrogen-bond donors (Lipinski definition) is 2. The number of aliphatic hydroxyl groups excluding tert-OH is 1. The molecule has 0 radical (unpaired) electrons. The Morgan fingerprint density at radius 1 is 1.29 bits per heavy atom. The third-order valence-electron chi connectivity index (χ3n) is 5.32. The van der Waals surface area contributed by atoms with Crippen molar-refractivity contribution in [3.8, 4) is 5.75 Å². The van der Waals surface area contributed by atoms with Crippen molar-refractivity contribution in [1.82, 2.24) is 5.32 Å². The number of carbonyl (C=O) groups is 1. The summed E-state index contributed by atoms with van der Waals surface area (Å²) in [6.07, 6.45) is 4.05. The molecule has 0 spiro atoms. The minimum atomic E-state index is -0.675. The number of carbonyl (C=O) groups excluding carboxylic acids is 1. The number of amides is 1. The summed E-state index contributed by atoms with van der Waals surface area (Å²) in [6, 6.07) is 7.62. The summed E-state index contributed by atoms with van der Waals surface area (Å²) in [4.78, 5) is 12.2. The van der Waals surface area contributed by atoms with Crippen LogP contribution in [0.3, 0.4) is 0 Å². The first-order valence-corrected chi connectivity index (χ1v) is 8.82. The molecule has 2 fully saturated rings. The molecule has 2 saturated carbocycles. The van der Waals surface area contributed by atoms with Gasteiger partial charge in [-0.05, 0) is 48.8 Å². The maximum absolute atomic E-state index is 12.2. The SMILES string of the molecule is COc1ccc(COC[C@H](O)CNC(=O)[C@H]2C[C@H]3CC[C@H]2C3)cc1. The molecule has 1 aromatic carbocycles. The molecule has 132 valence electrons. The highest BCUT2D eigenvalue weighted by Gasteiger charge is 2.42. The van der Waals surface area contributed by atoms with Crippen molar-refractivity contribution in [2.75, 3.05) is 20.3 Å². The zero-order chi connectivity index (χ0) is 16.9. The Morgan fingerprint density at radius 3 is 2.71 bits per heavy atom. The molecule has 1 aromatic rings. The standard InChI is InChI=1S/C19H27NO4/c1-23-17-6-3-13(4-7-17)11-24-12-16(21)10-20-19(22)18-9-14-2-5-15(18)8-14/h3-4,6-7,14-16,18,21H,2,5,8-12H2,1H3,(H,20,22)/t14-,15-,16+,18-/m0/s1. The van der Waals surface area contributed by atoms with Crippen LogP contribution in [0.25, 0.3) is 0 Å². The van der Waals surface area contributed by atoms with Crippen molar-refractivity contribution in [3.63, 3.8) is 0 Å². The number of ether oxygens (including phenoxy) is 2. The number of fused-ring (bicyclic) bond motifs is 2. The summed E-state index contributed by atoms with van der Waals surface area (Å²) >= 11 is 0. The monoisotopic (exact) mass is 333 g/mol. The molecule has 2 aliphatic carbocycles. The summed E-state index contributed by atoms with van der Waals surface area (Å²) < 4.78 is 10.6. The summed E-state index contributed by atoms with van der Waals surface area (Å²) in [5.74, 6) is 2.40. The zero-order valence-electron chi connectivity index (χ0n) is 14.2. The highest BCUT2D eigenvalue weighted by molar-refractivity contribution is 5.79. The summed E-state index contributed by atoms with van der Waals surface area (Å²) in [5.41, 5.74) is 1.02. The Bertz CT molecular complexity index is 545. The van der Waals surface area contributed by atoms with E-state index >= 15 is 0 Å². The van der Waals surface area contributed by atoms with Gasteiger partial charge in [0.05, 0.1) is 26.4 Å². The van der Waals surface area contributed by atoms with Crippen molar-refractivity contribution in [2.45, 2.75) is 38.4 Å². The van der Waals surface area contributed by atoms with Crippen LogP contribution in [0.5, 0.6) is 5.75 Å². The van der Waals surface area contributed by atoms with Crippen LogP contribution in [0.15, 0.2) is 24.3 Å². The molecule has 0 aromatic heterocycles. The smallest absolute Gasteiger partial charge is 0.223 e. The van der Waals surface area contributed by atoms with Gasteiger partial charge in [0.15, 0.2) is 0 Å². The largest absolute Gasteiger partial charge is 0.497 e. The quantitative estimate of drug-likeness (QED) is 0.765. The van der Waals surface area contributed by atoms with Crippen molar-refractivity contribution in [3.05, 3.63) is 29.8 Å². The molecule has 0 saturated heterocycles. The molecule has 2 aliphatic rings. The van der Waals surface area contributed by atoms with Gasteiger partial charge in [0, 0.05) is 12.5 Å². The predicted molar refractivity (Wildman–Crippen MR) is 90.6 cm³/mol. The number of methoxy groups -OCH3 is 1. The second kappa shape index (κ2) is 7.99. The molecule has 1 amide bonds. The molecule has 0 aliphatic heterocycles. The normalized spacial score (nSPS) is 26.3. The first-order chi connectivity index (χ1) is 11.7. The zero-order valence-corrected chi connectivity index (χ0v) is 14.2. The lowest BCUT2D eigenvalue weighted by Gasteiger charge is -2.21. The second-order valence-corrected chi connectivity index (χ2v) is 7.04. The molecule has 0 unspecified atom stereocenters. The number of rotatable bonds is 8. The van der Waals surface area contributed by atoms with Gasteiger partial charge < -0.3 is 19.9 Å². The third-order valence-corrected chi connectivity index (χ3v) is 5.32. The number of aliphatic hydroxyl groups is 1. The van der Waals surface area contributed by atoms with E-state index in [2.05, 4.69) is 5.32 Å². The Kier molecular flexibility index (Phi) is 5.74. The fourth-order valence-corrected chi connectivity index (χ4v) is 4.01. The van der Waals surface area contributed by atoms with Crippen LogP contribution in [0.1, 0.15) is 31.2 Å². The van der Waals surface area contributed by atoms with Crippen molar-refractivity contribution in [1.29, 1.82) is 0 Å².